The third-order valence-corrected chi connectivity index (χ3v) is 5.94. The van der Waals surface area contributed by atoms with E-state index >= 15 is 0 Å². The van der Waals surface area contributed by atoms with Crippen molar-refractivity contribution in [3.8, 4) is 11.5 Å². The van der Waals surface area contributed by atoms with E-state index in [0.29, 0.717) is 34.5 Å². The van der Waals surface area contributed by atoms with E-state index in [1.165, 1.54) is 4.90 Å². The number of thioether (sulfide) groups is 1. The Morgan fingerprint density at radius 2 is 2.00 bits per heavy atom. The molecule has 0 atom stereocenters. The van der Waals surface area contributed by atoms with E-state index in [-0.39, 0.29) is 29.1 Å². The first kappa shape index (κ1) is 24.0. The SMILES string of the molecule is CC[n+]1cc(NC(=O)CSC2=N/C(=C/c3ccc(OC)cc3OC)C(=O)N2c2ccccc2)on1. The molecule has 0 bridgehead atoms. The Hall–Kier alpha value is -4.12. The van der Waals surface area contributed by atoms with Crippen LogP contribution in [0.4, 0.5) is 11.6 Å². The smallest absolute Gasteiger partial charge is 0.302 e. The zero-order chi connectivity index (χ0) is 24.8. The van der Waals surface area contributed by atoms with Crippen molar-refractivity contribution in [1.82, 2.24) is 5.27 Å². The molecule has 0 fully saturated rings. The predicted octanol–water partition coefficient (Wildman–Crippen LogP) is 3.11. The van der Waals surface area contributed by atoms with Crippen LogP contribution in [0.3, 0.4) is 0 Å². The van der Waals surface area contributed by atoms with E-state index in [0.717, 1.165) is 11.8 Å². The zero-order valence-corrected chi connectivity index (χ0v) is 20.2. The first-order chi connectivity index (χ1) is 17.0. The number of ether oxygens (including phenoxy) is 2. The van der Waals surface area contributed by atoms with E-state index in [1.807, 2.05) is 37.3 Å². The van der Waals surface area contributed by atoms with Crippen LogP contribution in [-0.4, -0.2) is 42.2 Å². The number of aliphatic imine (C=N–C) groups is 1. The molecule has 0 spiro atoms. The summed E-state index contributed by atoms with van der Waals surface area (Å²) in [5, 5.41) is 6.82. The number of aryl methyl sites for hydroxylation is 1. The van der Waals surface area contributed by atoms with Gasteiger partial charge in [-0.2, -0.15) is 0 Å². The van der Waals surface area contributed by atoms with Gasteiger partial charge in [-0.15, -0.1) is 0 Å². The summed E-state index contributed by atoms with van der Waals surface area (Å²) in [6, 6.07) is 14.4. The number of aromatic nitrogens is 2. The Bertz CT molecular complexity index is 1290. The first-order valence-corrected chi connectivity index (χ1v) is 11.7. The molecule has 1 aromatic heterocycles. The molecule has 1 aliphatic rings. The second-order valence-electron chi connectivity index (χ2n) is 7.27. The van der Waals surface area contributed by atoms with Gasteiger partial charge in [-0.1, -0.05) is 34.6 Å². The van der Waals surface area contributed by atoms with Crippen molar-refractivity contribution in [3.63, 3.8) is 0 Å². The summed E-state index contributed by atoms with van der Waals surface area (Å²) < 4.78 is 17.3. The third kappa shape index (κ3) is 5.52. The summed E-state index contributed by atoms with van der Waals surface area (Å²) in [6.45, 7) is 2.52. The molecule has 0 unspecified atom stereocenters. The van der Waals surface area contributed by atoms with Crippen LogP contribution in [0.1, 0.15) is 12.5 Å². The molecule has 0 aliphatic carbocycles. The van der Waals surface area contributed by atoms with Gasteiger partial charge in [0, 0.05) is 11.6 Å². The topological polar surface area (TPSA) is 110 Å². The molecule has 1 N–H and O–H groups in total. The van der Waals surface area contributed by atoms with Crippen molar-refractivity contribution in [2.45, 2.75) is 13.5 Å². The number of benzene rings is 2. The number of carbonyl (C=O) groups excluding carboxylic acids is 2. The lowest BCUT2D eigenvalue weighted by Crippen LogP contribution is -2.33. The average Bonchev–Trinajstić information content (AvgIpc) is 3.47. The maximum absolute atomic E-state index is 13.4. The highest BCUT2D eigenvalue weighted by molar-refractivity contribution is 8.14. The molecule has 4 rings (SSSR count). The van der Waals surface area contributed by atoms with Gasteiger partial charge in [0.2, 0.25) is 11.2 Å². The number of nitrogens with one attached hydrogen (secondary N) is 1. The zero-order valence-electron chi connectivity index (χ0n) is 19.4. The van der Waals surface area contributed by atoms with Crippen LogP contribution in [0.15, 0.2) is 69.9 Å². The number of rotatable bonds is 8. The number of amides is 2. The molecule has 0 saturated heterocycles. The van der Waals surface area contributed by atoms with Crippen LogP contribution in [0, 0.1) is 0 Å². The standard InChI is InChI=1S/C24H23N5O5S/c1-4-28-14-22(34-27-28)26-21(30)15-35-24-25-19(23(31)29(24)17-8-6-5-7-9-17)12-16-10-11-18(32-2)13-20(16)33-3/h5-14H,4,15H2,1-3H3/p+1/b19-12+. The number of para-hydroxylation sites is 1. The van der Waals surface area contributed by atoms with Gasteiger partial charge in [-0.25, -0.2) is 4.99 Å². The van der Waals surface area contributed by atoms with E-state index in [2.05, 4.69) is 15.6 Å². The molecule has 180 valence electrons. The quantitative estimate of drug-likeness (QED) is 0.378. The Kier molecular flexibility index (Phi) is 7.46. The largest absolute Gasteiger partial charge is 0.497 e. The molecule has 0 radical (unpaired) electrons. The number of methoxy groups -OCH3 is 2. The maximum atomic E-state index is 13.4. The fourth-order valence-corrected chi connectivity index (χ4v) is 4.08. The highest BCUT2D eigenvalue weighted by Crippen LogP contribution is 2.32. The molecule has 2 aromatic carbocycles. The Labute approximate surface area is 206 Å². The molecule has 2 amide bonds. The number of hydrogen-bond donors (Lipinski definition) is 1. The molecule has 1 aliphatic heterocycles. The fraction of sp³-hybridized carbons (Fsp3) is 0.208. The summed E-state index contributed by atoms with van der Waals surface area (Å²) in [7, 11) is 3.11. The second-order valence-corrected chi connectivity index (χ2v) is 8.21. The molecule has 3 aromatic rings. The highest BCUT2D eigenvalue weighted by atomic mass is 32.2. The Morgan fingerprint density at radius 1 is 1.20 bits per heavy atom. The van der Waals surface area contributed by atoms with Gasteiger partial charge in [0.1, 0.15) is 17.2 Å². The van der Waals surface area contributed by atoms with Crippen LogP contribution in [-0.2, 0) is 16.1 Å². The van der Waals surface area contributed by atoms with Crippen molar-refractivity contribution in [3.05, 3.63) is 66.0 Å². The van der Waals surface area contributed by atoms with E-state index in [1.54, 1.807) is 49.4 Å². The second kappa shape index (κ2) is 10.9. The summed E-state index contributed by atoms with van der Waals surface area (Å²) in [5.74, 6) is 0.816. The molecule has 2 heterocycles. The minimum absolute atomic E-state index is 0.0153. The lowest BCUT2D eigenvalue weighted by Gasteiger charge is -2.17. The monoisotopic (exact) mass is 494 g/mol. The molecular formula is C24H24N5O5S+. The van der Waals surface area contributed by atoms with Gasteiger partial charge in [-0.05, 0) is 37.3 Å². The highest BCUT2D eigenvalue weighted by Gasteiger charge is 2.32. The lowest BCUT2D eigenvalue weighted by atomic mass is 10.1. The first-order valence-electron chi connectivity index (χ1n) is 10.7. The van der Waals surface area contributed by atoms with Crippen molar-refractivity contribution < 1.29 is 28.3 Å². The van der Waals surface area contributed by atoms with Gasteiger partial charge in [0.15, 0.2) is 11.7 Å². The van der Waals surface area contributed by atoms with Crippen molar-refractivity contribution in [2.75, 3.05) is 30.2 Å². The summed E-state index contributed by atoms with van der Waals surface area (Å²) >= 11 is 1.14. The van der Waals surface area contributed by atoms with E-state index in [4.69, 9.17) is 14.0 Å². The van der Waals surface area contributed by atoms with Crippen LogP contribution in [0.2, 0.25) is 0 Å². The van der Waals surface area contributed by atoms with Crippen LogP contribution < -0.4 is 24.4 Å². The van der Waals surface area contributed by atoms with Gasteiger partial charge >= 0.3 is 5.88 Å². The molecule has 35 heavy (non-hydrogen) atoms. The van der Waals surface area contributed by atoms with E-state index < -0.39 is 0 Å². The minimum Gasteiger partial charge on any atom is -0.497 e. The van der Waals surface area contributed by atoms with Crippen molar-refractivity contribution in [1.29, 1.82) is 0 Å². The van der Waals surface area contributed by atoms with Gasteiger partial charge in [-0.3, -0.25) is 24.3 Å². The summed E-state index contributed by atoms with van der Waals surface area (Å²) in [5.41, 5.74) is 1.54. The van der Waals surface area contributed by atoms with Crippen LogP contribution >= 0.6 is 11.8 Å². The number of carbonyl (C=O) groups is 2. The number of hydrogen-bond acceptors (Lipinski definition) is 8. The normalized spacial score (nSPS) is 14.3. The maximum Gasteiger partial charge on any atom is 0.302 e. The Balaban J connectivity index is 1.58. The Morgan fingerprint density at radius 3 is 2.69 bits per heavy atom. The minimum atomic E-state index is -0.313. The van der Waals surface area contributed by atoms with Crippen LogP contribution in [0.5, 0.6) is 11.5 Å². The molecular weight excluding hydrogens is 470 g/mol. The summed E-state index contributed by atoms with van der Waals surface area (Å²) in [4.78, 5) is 31.9. The molecule has 10 nitrogen and oxygen atoms in total. The summed E-state index contributed by atoms with van der Waals surface area (Å²) in [6.07, 6.45) is 3.25. The average molecular weight is 495 g/mol. The third-order valence-electron chi connectivity index (χ3n) is 5.01. The fourth-order valence-electron chi connectivity index (χ4n) is 3.27. The molecule has 11 heteroatoms. The van der Waals surface area contributed by atoms with Gasteiger partial charge < -0.3 is 9.47 Å². The van der Waals surface area contributed by atoms with Gasteiger partial charge in [0.25, 0.3) is 12.1 Å². The molecule has 0 saturated carbocycles. The van der Waals surface area contributed by atoms with Gasteiger partial charge in [0.05, 0.1) is 25.7 Å². The van der Waals surface area contributed by atoms with Crippen LogP contribution in [0.25, 0.3) is 6.08 Å². The lowest BCUT2D eigenvalue weighted by molar-refractivity contribution is -0.759. The van der Waals surface area contributed by atoms with Crippen molar-refractivity contribution >= 4 is 46.4 Å². The number of anilines is 2. The van der Waals surface area contributed by atoms with Crippen molar-refractivity contribution in [2.24, 2.45) is 4.99 Å². The number of amidine groups is 1. The number of nitrogens with zero attached hydrogens (tertiary/aromatic N) is 4. The van der Waals surface area contributed by atoms with E-state index in [9.17, 15) is 9.59 Å². The predicted molar refractivity (Wildman–Crippen MR) is 132 cm³/mol.